The molecule has 0 amide bonds. The first-order valence-corrected chi connectivity index (χ1v) is 7.93. The molecule has 25 heavy (non-hydrogen) atoms. The van der Waals surface area contributed by atoms with Crippen LogP contribution in [0.5, 0.6) is 11.5 Å². The molecule has 0 N–H and O–H groups in total. The average molecular weight is 332 g/mol. The molecule has 0 aliphatic carbocycles. The monoisotopic (exact) mass is 332 g/mol. The molecule has 0 atom stereocenters. The Labute approximate surface area is 146 Å². The van der Waals surface area contributed by atoms with E-state index in [1.54, 1.807) is 36.4 Å². The lowest BCUT2D eigenvalue weighted by atomic mass is 10.1. The minimum Gasteiger partial charge on any atom is -0.457 e. The van der Waals surface area contributed by atoms with Crippen LogP contribution in [0.15, 0.2) is 78.9 Å². The molecule has 124 valence electrons. The number of carbonyl (C=O) groups excluding carboxylic acids is 1. The number of hydrogen-bond acceptors (Lipinski definition) is 2. The summed E-state index contributed by atoms with van der Waals surface area (Å²) in [4.78, 5) is 12.1. The molecule has 0 saturated heterocycles. The van der Waals surface area contributed by atoms with Crippen LogP contribution in [0.4, 0.5) is 4.39 Å². The molecule has 0 heterocycles. The zero-order chi connectivity index (χ0) is 17.6. The number of halogens is 1. The maximum Gasteiger partial charge on any atom is 0.185 e. The first kappa shape index (κ1) is 16.7. The Hall–Kier alpha value is -3.20. The van der Waals surface area contributed by atoms with Gasteiger partial charge in [0, 0.05) is 17.2 Å². The van der Waals surface area contributed by atoms with Crippen molar-refractivity contribution in [2.45, 2.75) is 6.92 Å². The van der Waals surface area contributed by atoms with Crippen LogP contribution in [-0.4, -0.2) is 5.78 Å². The molecule has 3 aromatic rings. The quantitative estimate of drug-likeness (QED) is 0.434. The second-order valence-corrected chi connectivity index (χ2v) is 5.66. The third-order valence-electron chi connectivity index (χ3n) is 3.70. The molecule has 0 bridgehead atoms. The molecular formula is C22H17FO2. The summed E-state index contributed by atoms with van der Waals surface area (Å²) in [5.41, 5.74) is 1.99. The number of benzene rings is 3. The summed E-state index contributed by atoms with van der Waals surface area (Å²) in [5.74, 6) is 0.441. The maximum atomic E-state index is 14.2. The molecule has 0 aliphatic heterocycles. The predicted octanol–water partition coefficient (Wildman–Crippen LogP) is 5.82. The highest BCUT2D eigenvalue weighted by molar-refractivity contribution is 6.06. The third-order valence-corrected chi connectivity index (χ3v) is 3.70. The normalized spacial score (nSPS) is 10.8. The van der Waals surface area contributed by atoms with E-state index in [4.69, 9.17) is 4.74 Å². The lowest BCUT2D eigenvalue weighted by Gasteiger charge is -2.06. The van der Waals surface area contributed by atoms with Crippen molar-refractivity contribution in [2.24, 2.45) is 0 Å². The number of ketones is 1. The van der Waals surface area contributed by atoms with Gasteiger partial charge in [-0.2, -0.15) is 0 Å². The van der Waals surface area contributed by atoms with Gasteiger partial charge in [-0.05, 0) is 43.3 Å². The van der Waals surface area contributed by atoms with Crippen LogP contribution >= 0.6 is 0 Å². The van der Waals surface area contributed by atoms with E-state index in [0.717, 1.165) is 5.56 Å². The van der Waals surface area contributed by atoms with Crippen LogP contribution in [0.1, 0.15) is 21.5 Å². The van der Waals surface area contributed by atoms with Gasteiger partial charge in [-0.1, -0.05) is 48.0 Å². The van der Waals surface area contributed by atoms with Gasteiger partial charge in [0.1, 0.15) is 17.3 Å². The lowest BCUT2D eigenvalue weighted by molar-refractivity contribution is 0.104. The van der Waals surface area contributed by atoms with Crippen molar-refractivity contribution in [2.75, 3.05) is 0 Å². The molecule has 0 spiro atoms. The fourth-order valence-corrected chi connectivity index (χ4v) is 2.31. The van der Waals surface area contributed by atoms with Gasteiger partial charge in [-0.25, -0.2) is 4.39 Å². The minimum atomic E-state index is -0.443. The summed E-state index contributed by atoms with van der Waals surface area (Å²) < 4.78 is 19.8. The molecule has 0 saturated carbocycles. The molecular weight excluding hydrogens is 315 g/mol. The molecule has 0 unspecified atom stereocenters. The predicted molar refractivity (Wildman–Crippen MR) is 97.5 cm³/mol. The Bertz CT molecular complexity index is 897. The second kappa shape index (κ2) is 7.58. The van der Waals surface area contributed by atoms with E-state index in [-0.39, 0.29) is 5.78 Å². The van der Waals surface area contributed by atoms with Crippen molar-refractivity contribution in [1.82, 2.24) is 0 Å². The summed E-state index contributed by atoms with van der Waals surface area (Å²) >= 11 is 0. The highest BCUT2D eigenvalue weighted by Gasteiger charge is 2.05. The zero-order valence-corrected chi connectivity index (χ0v) is 13.8. The van der Waals surface area contributed by atoms with Gasteiger partial charge >= 0.3 is 0 Å². The van der Waals surface area contributed by atoms with Crippen LogP contribution in [0, 0.1) is 12.7 Å². The minimum absolute atomic E-state index is 0.163. The van der Waals surface area contributed by atoms with E-state index >= 15 is 0 Å². The highest BCUT2D eigenvalue weighted by atomic mass is 19.1. The van der Waals surface area contributed by atoms with Crippen molar-refractivity contribution in [3.05, 3.63) is 101 Å². The number of allylic oxidation sites excluding steroid dienone is 1. The van der Waals surface area contributed by atoms with Gasteiger partial charge in [0.05, 0.1) is 0 Å². The highest BCUT2D eigenvalue weighted by Crippen LogP contribution is 2.23. The molecule has 3 rings (SSSR count). The Balaban J connectivity index is 1.72. The number of carbonyl (C=O) groups is 1. The van der Waals surface area contributed by atoms with Crippen LogP contribution in [0.25, 0.3) is 6.08 Å². The fourth-order valence-electron chi connectivity index (χ4n) is 2.31. The first-order chi connectivity index (χ1) is 12.1. The Kier molecular flexibility index (Phi) is 5.05. The molecule has 0 fully saturated rings. The van der Waals surface area contributed by atoms with Crippen molar-refractivity contribution in [3.63, 3.8) is 0 Å². The molecule has 0 aromatic heterocycles. The number of rotatable bonds is 5. The van der Waals surface area contributed by atoms with Gasteiger partial charge in [0.2, 0.25) is 0 Å². The van der Waals surface area contributed by atoms with E-state index in [1.165, 1.54) is 18.2 Å². The topological polar surface area (TPSA) is 26.3 Å². The SMILES string of the molecule is Cc1ccc(C(=O)C=Cc2ccc(Oc3ccccc3)cc2F)cc1. The maximum absolute atomic E-state index is 14.2. The summed E-state index contributed by atoms with van der Waals surface area (Å²) in [6.07, 6.45) is 2.85. The Morgan fingerprint density at radius 3 is 2.32 bits per heavy atom. The number of hydrogen-bond donors (Lipinski definition) is 0. The first-order valence-electron chi connectivity index (χ1n) is 7.93. The van der Waals surface area contributed by atoms with Crippen LogP contribution in [0.3, 0.4) is 0 Å². The molecule has 0 radical (unpaired) electrons. The summed E-state index contributed by atoms with van der Waals surface area (Å²) in [6, 6.07) is 21.0. The molecule has 3 aromatic carbocycles. The number of ether oxygens (including phenoxy) is 1. The summed E-state index contributed by atoms with van der Waals surface area (Å²) in [7, 11) is 0. The van der Waals surface area contributed by atoms with Crippen LogP contribution in [-0.2, 0) is 0 Å². The van der Waals surface area contributed by atoms with Gasteiger partial charge in [-0.3, -0.25) is 4.79 Å². The summed E-state index contributed by atoms with van der Waals surface area (Å²) in [5, 5.41) is 0. The zero-order valence-electron chi connectivity index (χ0n) is 13.8. The van der Waals surface area contributed by atoms with Gasteiger partial charge in [0.25, 0.3) is 0 Å². The van der Waals surface area contributed by atoms with E-state index in [1.807, 2.05) is 37.3 Å². The van der Waals surface area contributed by atoms with E-state index in [2.05, 4.69) is 0 Å². The molecule has 0 aliphatic rings. The van der Waals surface area contributed by atoms with Crippen LogP contribution in [0.2, 0.25) is 0 Å². The molecule has 3 heteroatoms. The fraction of sp³-hybridized carbons (Fsp3) is 0.0455. The number of aryl methyl sites for hydroxylation is 1. The van der Waals surface area contributed by atoms with Gasteiger partial charge in [-0.15, -0.1) is 0 Å². The Morgan fingerprint density at radius 1 is 0.920 bits per heavy atom. The van der Waals surface area contributed by atoms with Gasteiger partial charge in [0.15, 0.2) is 5.78 Å². The summed E-state index contributed by atoms with van der Waals surface area (Å²) in [6.45, 7) is 1.96. The second-order valence-electron chi connectivity index (χ2n) is 5.66. The van der Waals surface area contributed by atoms with Crippen molar-refractivity contribution in [3.8, 4) is 11.5 Å². The third kappa shape index (κ3) is 4.42. The van der Waals surface area contributed by atoms with E-state index < -0.39 is 5.82 Å². The Morgan fingerprint density at radius 2 is 1.64 bits per heavy atom. The van der Waals surface area contributed by atoms with Gasteiger partial charge < -0.3 is 4.74 Å². The molecule has 2 nitrogen and oxygen atoms in total. The standard InChI is InChI=1S/C22H17FO2/c1-16-7-9-18(10-8-16)22(24)14-12-17-11-13-20(15-21(17)23)25-19-5-3-2-4-6-19/h2-15H,1H3. The van der Waals surface area contributed by atoms with Crippen molar-refractivity contribution >= 4 is 11.9 Å². The van der Waals surface area contributed by atoms with Crippen molar-refractivity contribution in [1.29, 1.82) is 0 Å². The lowest BCUT2D eigenvalue weighted by Crippen LogP contribution is -1.94. The number of para-hydroxylation sites is 1. The van der Waals surface area contributed by atoms with E-state index in [9.17, 15) is 9.18 Å². The average Bonchev–Trinajstić information content (AvgIpc) is 2.62. The smallest absolute Gasteiger partial charge is 0.185 e. The largest absolute Gasteiger partial charge is 0.457 e. The van der Waals surface area contributed by atoms with Crippen molar-refractivity contribution < 1.29 is 13.9 Å². The van der Waals surface area contributed by atoms with Crippen LogP contribution < -0.4 is 4.74 Å². The van der Waals surface area contributed by atoms with E-state index in [0.29, 0.717) is 22.6 Å².